The van der Waals surface area contributed by atoms with Crippen LogP contribution in [0.25, 0.3) is 0 Å². The van der Waals surface area contributed by atoms with E-state index in [4.69, 9.17) is 9.47 Å². The van der Waals surface area contributed by atoms with Crippen molar-refractivity contribution in [2.75, 3.05) is 18.1 Å². The predicted octanol–water partition coefficient (Wildman–Crippen LogP) is 2.91. The van der Waals surface area contributed by atoms with Gasteiger partial charge in [0.2, 0.25) is 5.88 Å². The first-order valence-corrected chi connectivity index (χ1v) is 8.38. The van der Waals surface area contributed by atoms with Gasteiger partial charge in [0.25, 0.3) is 5.91 Å². The molecule has 1 aromatic carbocycles. The van der Waals surface area contributed by atoms with Crippen molar-refractivity contribution < 1.29 is 19.1 Å². The number of ether oxygens (including phenoxy) is 2. The Bertz CT molecular complexity index is 890. The largest absolute Gasteiger partial charge is 0.492 e. The molecule has 134 valence electrons. The van der Waals surface area contributed by atoms with E-state index in [0.29, 0.717) is 23.9 Å². The number of nitrogens with zero attached hydrogens (tertiary/aromatic N) is 2. The second-order valence-electron chi connectivity index (χ2n) is 7.10. The minimum Gasteiger partial charge on any atom is -0.492 e. The van der Waals surface area contributed by atoms with E-state index in [2.05, 4.69) is 24.1 Å². The highest BCUT2D eigenvalue weighted by molar-refractivity contribution is 6.19. The number of fused-ring (bicyclic) bond motifs is 1. The number of carbonyl (C=O) groups is 2. The van der Waals surface area contributed by atoms with Crippen molar-refractivity contribution in [3.05, 3.63) is 41.6 Å². The van der Waals surface area contributed by atoms with Crippen LogP contribution in [0.1, 0.15) is 25.0 Å². The maximum atomic E-state index is 11.8. The van der Waals surface area contributed by atoms with Crippen LogP contribution in [0.2, 0.25) is 0 Å². The SMILES string of the molecule is Cc1ccc(Oc2ccc(N3C(=O)CNC3=O)cn2)c2c1OCC2(C)C. The Morgan fingerprint density at radius 2 is 2.04 bits per heavy atom. The molecule has 7 nitrogen and oxygen atoms in total. The Morgan fingerprint density at radius 1 is 1.23 bits per heavy atom. The second-order valence-corrected chi connectivity index (χ2v) is 7.10. The highest BCUT2D eigenvalue weighted by atomic mass is 16.5. The summed E-state index contributed by atoms with van der Waals surface area (Å²) in [6.07, 6.45) is 1.45. The molecule has 0 radical (unpaired) electrons. The summed E-state index contributed by atoms with van der Waals surface area (Å²) in [6.45, 7) is 6.83. The average molecular weight is 353 g/mol. The van der Waals surface area contributed by atoms with Crippen LogP contribution in [0, 0.1) is 6.92 Å². The number of pyridine rings is 1. The summed E-state index contributed by atoms with van der Waals surface area (Å²) >= 11 is 0. The summed E-state index contributed by atoms with van der Waals surface area (Å²) in [5, 5.41) is 2.48. The van der Waals surface area contributed by atoms with Crippen LogP contribution < -0.4 is 19.7 Å². The van der Waals surface area contributed by atoms with Crippen molar-refractivity contribution >= 4 is 17.6 Å². The number of amides is 3. The fourth-order valence-corrected chi connectivity index (χ4v) is 3.27. The van der Waals surface area contributed by atoms with Gasteiger partial charge in [-0.1, -0.05) is 19.9 Å². The summed E-state index contributed by atoms with van der Waals surface area (Å²) in [5.41, 5.74) is 2.35. The monoisotopic (exact) mass is 353 g/mol. The summed E-state index contributed by atoms with van der Waals surface area (Å²) in [6, 6.07) is 6.71. The Kier molecular flexibility index (Phi) is 3.61. The first kappa shape index (κ1) is 16.4. The third-order valence-electron chi connectivity index (χ3n) is 4.61. The number of hydrogen-bond acceptors (Lipinski definition) is 5. The van der Waals surface area contributed by atoms with E-state index in [0.717, 1.165) is 21.8 Å². The van der Waals surface area contributed by atoms with Crippen LogP contribution in [0.3, 0.4) is 0 Å². The average Bonchev–Trinajstić information content (AvgIpc) is 3.11. The van der Waals surface area contributed by atoms with Crippen LogP contribution in [0.5, 0.6) is 17.4 Å². The lowest BCUT2D eigenvalue weighted by atomic mass is 9.85. The third kappa shape index (κ3) is 2.56. The Morgan fingerprint density at radius 3 is 2.69 bits per heavy atom. The standard InChI is InChI=1S/C19H19N3O4/c1-11-4-6-13(16-17(11)25-10-19(16,2)3)26-14-7-5-12(8-20-14)22-15(23)9-21-18(22)24/h4-8H,9-10H2,1-3H3,(H,21,24). The molecule has 0 spiro atoms. The molecule has 1 fully saturated rings. The zero-order valence-electron chi connectivity index (χ0n) is 14.8. The number of aryl methyl sites for hydroxylation is 1. The van der Waals surface area contributed by atoms with Gasteiger partial charge in [0.05, 0.1) is 25.0 Å². The van der Waals surface area contributed by atoms with Crippen LogP contribution in [0.15, 0.2) is 30.5 Å². The van der Waals surface area contributed by atoms with E-state index in [1.165, 1.54) is 6.20 Å². The topological polar surface area (TPSA) is 80.8 Å². The first-order valence-electron chi connectivity index (χ1n) is 8.38. The molecular formula is C19H19N3O4. The minimum absolute atomic E-state index is 0.00166. The van der Waals surface area contributed by atoms with Crippen LogP contribution >= 0.6 is 0 Å². The Labute approximate surface area is 150 Å². The molecule has 2 aromatic rings. The molecule has 0 atom stereocenters. The van der Waals surface area contributed by atoms with Crippen LogP contribution in [-0.4, -0.2) is 30.1 Å². The lowest BCUT2D eigenvalue weighted by Gasteiger charge is -2.19. The van der Waals surface area contributed by atoms with Gasteiger partial charge in [-0.2, -0.15) is 0 Å². The van der Waals surface area contributed by atoms with Gasteiger partial charge in [0.1, 0.15) is 11.5 Å². The van der Waals surface area contributed by atoms with Crippen LogP contribution in [0.4, 0.5) is 10.5 Å². The first-order chi connectivity index (χ1) is 12.4. The maximum absolute atomic E-state index is 11.8. The van der Waals surface area contributed by atoms with Gasteiger partial charge in [-0.15, -0.1) is 0 Å². The highest BCUT2D eigenvalue weighted by Gasteiger charge is 2.36. The van der Waals surface area contributed by atoms with Crippen molar-refractivity contribution in [2.24, 2.45) is 0 Å². The number of rotatable bonds is 3. The van der Waals surface area contributed by atoms with Crippen molar-refractivity contribution in [3.63, 3.8) is 0 Å². The number of carbonyl (C=O) groups excluding carboxylic acids is 2. The molecule has 1 N–H and O–H groups in total. The molecule has 0 saturated carbocycles. The molecule has 1 saturated heterocycles. The third-order valence-corrected chi connectivity index (χ3v) is 4.61. The molecular weight excluding hydrogens is 334 g/mol. The Balaban J connectivity index is 1.63. The normalized spacial score (nSPS) is 17.7. The van der Waals surface area contributed by atoms with Gasteiger partial charge in [-0.05, 0) is 24.6 Å². The molecule has 3 amide bonds. The van der Waals surface area contributed by atoms with Crippen molar-refractivity contribution in [2.45, 2.75) is 26.2 Å². The van der Waals surface area contributed by atoms with Gasteiger partial charge in [0.15, 0.2) is 0 Å². The lowest BCUT2D eigenvalue weighted by molar-refractivity contribution is -0.115. The highest BCUT2D eigenvalue weighted by Crippen LogP contribution is 2.47. The smallest absolute Gasteiger partial charge is 0.329 e. The molecule has 0 bridgehead atoms. The number of nitrogens with one attached hydrogen (secondary N) is 1. The fraction of sp³-hybridized carbons (Fsp3) is 0.316. The van der Waals surface area contributed by atoms with E-state index in [1.54, 1.807) is 12.1 Å². The number of imide groups is 1. The van der Waals surface area contributed by atoms with Crippen molar-refractivity contribution in [3.8, 4) is 17.4 Å². The van der Waals surface area contributed by atoms with Gasteiger partial charge >= 0.3 is 6.03 Å². The second kappa shape index (κ2) is 5.72. The zero-order valence-corrected chi connectivity index (χ0v) is 14.8. The van der Waals surface area contributed by atoms with Crippen molar-refractivity contribution in [1.29, 1.82) is 0 Å². The zero-order chi connectivity index (χ0) is 18.5. The molecule has 26 heavy (non-hydrogen) atoms. The molecule has 2 aliphatic heterocycles. The molecule has 1 aromatic heterocycles. The number of urea groups is 1. The molecule has 3 heterocycles. The maximum Gasteiger partial charge on any atom is 0.329 e. The Hall–Kier alpha value is -3.09. The summed E-state index contributed by atoms with van der Waals surface area (Å²) in [4.78, 5) is 28.8. The summed E-state index contributed by atoms with van der Waals surface area (Å²) in [7, 11) is 0. The van der Waals surface area contributed by atoms with E-state index < -0.39 is 6.03 Å². The van der Waals surface area contributed by atoms with E-state index >= 15 is 0 Å². The molecule has 2 aliphatic rings. The van der Waals surface area contributed by atoms with E-state index in [9.17, 15) is 9.59 Å². The van der Waals surface area contributed by atoms with Crippen molar-refractivity contribution in [1.82, 2.24) is 10.3 Å². The number of anilines is 1. The minimum atomic E-state index is -0.444. The van der Waals surface area contributed by atoms with E-state index in [1.807, 2.05) is 19.1 Å². The number of hydrogen-bond donors (Lipinski definition) is 1. The molecule has 0 aliphatic carbocycles. The number of benzene rings is 1. The van der Waals surface area contributed by atoms with Gasteiger partial charge in [-0.3, -0.25) is 4.79 Å². The van der Waals surface area contributed by atoms with Crippen LogP contribution in [-0.2, 0) is 10.2 Å². The summed E-state index contributed by atoms with van der Waals surface area (Å²) < 4.78 is 11.8. The van der Waals surface area contributed by atoms with Gasteiger partial charge in [0, 0.05) is 17.0 Å². The molecule has 4 rings (SSSR count). The van der Waals surface area contributed by atoms with Gasteiger partial charge in [-0.25, -0.2) is 14.7 Å². The summed E-state index contributed by atoms with van der Waals surface area (Å²) in [5.74, 6) is 1.64. The predicted molar refractivity (Wildman–Crippen MR) is 94.9 cm³/mol. The fourth-order valence-electron chi connectivity index (χ4n) is 3.27. The van der Waals surface area contributed by atoms with E-state index in [-0.39, 0.29) is 17.9 Å². The number of aromatic nitrogens is 1. The molecule has 0 unspecified atom stereocenters. The lowest BCUT2D eigenvalue weighted by Crippen LogP contribution is -2.30. The molecule has 7 heteroatoms. The van der Waals surface area contributed by atoms with Gasteiger partial charge < -0.3 is 14.8 Å². The quantitative estimate of drug-likeness (QED) is 0.858.